The van der Waals surface area contributed by atoms with Crippen molar-refractivity contribution in [1.29, 1.82) is 5.26 Å². The van der Waals surface area contributed by atoms with E-state index in [1.54, 1.807) is 0 Å². The molecule has 3 N–H and O–H groups in total. The maximum atomic E-state index is 9.22. The number of hydrogen-bond donors (Lipinski definition) is 2. The smallest absolute Gasteiger partial charge is 0.103 e. The molecule has 1 saturated carbocycles. The molecule has 4 unspecified atom stereocenters. The van der Waals surface area contributed by atoms with Crippen LogP contribution in [0, 0.1) is 29.1 Å². The van der Waals surface area contributed by atoms with E-state index in [1.807, 2.05) is 6.20 Å². The molecule has 18 heavy (non-hydrogen) atoms. The second-order valence-electron chi connectivity index (χ2n) is 5.34. The van der Waals surface area contributed by atoms with Gasteiger partial charge in [-0.2, -0.15) is 5.26 Å². The Bertz CT molecular complexity index is 457. The zero-order chi connectivity index (χ0) is 13.4. The van der Waals surface area contributed by atoms with E-state index in [0.717, 1.165) is 12.2 Å². The Hall–Kier alpha value is -1.89. The lowest BCUT2D eigenvalue weighted by molar-refractivity contribution is 0.256. The van der Waals surface area contributed by atoms with Gasteiger partial charge >= 0.3 is 0 Å². The minimum absolute atomic E-state index is 0.0996. The Labute approximate surface area is 108 Å². The van der Waals surface area contributed by atoms with Crippen molar-refractivity contribution in [3.05, 3.63) is 36.6 Å². The van der Waals surface area contributed by atoms with E-state index in [2.05, 4.69) is 43.3 Å². The lowest BCUT2D eigenvalue weighted by Gasteiger charge is -2.36. The number of nitrogens with zero attached hydrogens (tertiary/aromatic N) is 2. The molecule has 0 aromatic rings. The summed E-state index contributed by atoms with van der Waals surface area (Å²) in [4.78, 5) is 2.06. The number of nitrogens with two attached hydrogens (primary N) is 1. The lowest BCUT2D eigenvalue weighted by atomic mass is 9.92. The molecular formula is C14H20N4. The topological polar surface area (TPSA) is 65.1 Å². The van der Waals surface area contributed by atoms with Crippen molar-refractivity contribution < 1.29 is 0 Å². The first-order valence-corrected chi connectivity index (χ1v) is 6.26. The Morgan fingerprint density at radius 1 is 1.50 bits per heavy atom. The Balaban J connectivity index is 2.26. The molecule has 0 aromatic carbocycles. The summed E-state index contributed by atoms with van der Waals surface area (Å²) in [5, 5.41) is 12.3. The van der Waals surface area contributed by atoms with Crippen molar-refractivity contribution in [2.75, 3.05) is 0 Å². The van der Waals surface area contributed by atoms with Crippen LogP contribution in [0.25, 0.3) is 0 Å². The van der Waals surface area contributed by atoms with Gasteiger partial charge in [0.05, 0.1) is 23.4 Å². The van der Waals surface area contributed by atoms with Crippen LogP contribution in [-0.2, 0) is 0 Å². The van der Waals surface area contributed by atoms with Gasteiger partial charge in [0.15, 0.2) is 0 Å². The molecule has 4 heteroatoms. The number of hydrogen-bond acceptors (Lipinski definition) is 4. The van der Waals surface area contributed by atoms with Gasteiger partial charge in [-0.25, -0.2) is 0 Å². The quantitative estimate of drug-likeness (QED) is 0.739. The van der Waals surface area contributed by atoms with Crippen LogP contribution in [0.3, 0.4) is 0 Å². The maximum absolute atomic E-state index is 9.22. The maximum Gasteiger partial charge on any atom is 0.103 e. The number of rotatable bonds is 1. The molecule has 1 aliphatic heterocycles. The molecule has 0 bridgehead atoms. The average Bonchev–Trinajstić information content (AvgIpc) is 2.59. The van der Waals surface area contributed by atoms with Gasteiger partial charge in [0.2, 0.25) is 0 Å². The van der Waals surface area contributed by atoms with Gasteiger partial charge in [-0.05, 0) is 18.3 Å². The van der Waals surface area contributed by atoms with Crippen LogP contribution in [0.2, 0.25) is 0 Å². The van der Waals surface area contributed by atoms with E-state index >= 15 is 0 Å². The molecule has 2 aliphatic rings. The van der Waals surface area contributed by atoms with E-state index in [1.165, 1.54) is 0 Å². The Kier molecular flexibility index (Phi) is 3.08. The van der Waals surface area contributed by atoms with Crippen LogP contribution in [0.4, 0.5) is 0 Å². The van der Waals surface area contributed by atoms with Crippen molar-refractivity contribution in [2.24, 2.45) is 23.5 Å². The summed E-state index contributed by atoms with van der Waals surface area (Å²) in [5.74, 6) is 1.60. The standard InChI is InChI=1S/C14H20N4/c1-8-5-14(9(2)12(8)6-15)18-7-13(16)10(3)17-11(18)4/h7-9,12,14,17H,3-5,16H2,1-2H3. The predicted octanol–water partition coefficient (Wildman–Crippen LogP) is 1.86. The number of nitrogens with one attached hydrogen (secondary N) is 1. The van der Waals surface area contributed by atoms with E-state index < -0.39 is 0 Å². The van der Waals surface area contributed by atoms with Crippen molar-refractivity contribution in [2.45, 2.75) is 26.3 Å². The van der Waals surface area contributed by atoms with E-state index in [-0.39, 0.29) is 12.0 Å². The van der Waals surface area contributed by atoms with Gasteiger partial charge < -0.3 is 16.0 Å². The molecule has 0 saturated heterocycles. The highest BCUT2D eigenvalue weighted by molar-refractivity contribution is 5.32. The monoisotopic (exact) mass is 244 g/mol. The van der Waals surface area contributed by atoms with E-state index in [4.69, 9.17) is 5.73 Å². The third-order valence-corrected chi connectivity index (χ3v) is 4.14. The summed E-state index contributed by atoms with van der Waals surface area (Å²) in [5.41, 5.74) is 7.21. The predicted molar refractivity (Wildman–Crippen MR) is 71.4 cm³/mol. The summed E-state index contributed by atoms with van der Waals surface area (Å²) in [6, 6.07) is 2.70. The average molecular weight is 244 g/mol. The largest absolute Gasteiger partial charge is 0.396 e. The summed E-state index contributed by atoms with van der Waals surface area (Å²) >= 11 is 0. The minimum Gasteiger partial charge on any atom is -0.396 e. The highest BCUT2D eigenvalue weighted by Gasteiger charge is 2.42. The van der Waals surface area contributed by atoms with Gasteiger partial charge in [0, 0.05) is 12.2 Å². The van der Waals surface area contributed by atoms with E-state index in [9.17, 15) is 5.26 Å². The lowest BCUT2D eigenvalue weighted by Crippen LogP contribution is -2.42. The van der Waals surface area contributed by atoms with Crippen molar-refractivity contribution >= 4 is 0 Å². The summed E-state index contributed by atoms with van der Waals surface area (Å²) in [7, 11) is 0. The molecule has 4 nitrogen and oxygen atoms in total. The fraction of sp³-hybridized carbons (Fsp3) is 0.500. The third-order valence-electron chi connectivity index (χ3n) is 4.14. The second-order valence-corrected chi connectivity index (χ2v) is 5.34. The molecule has 1 aliphatic carbocycles. The molecule has 0 aromatic heterocycles. The Morgan fingerprint density at radius 2 is 2.17 bits per heavy atom. The molecule has 1 fully saturated rings. The van der Waals surface area contributed by atoms with Gasteiger partial charge in [-0.1, -0.05) is 27.0 Å². The number of nitriles is 1. The summed E-state index contributed by atoms with van der Waals surface area (Å²) < 4.78 is 0. The zero-order valence-electron chi connectivity index (χ0n) is 11.0. The van der Waals surface area contributed by atoms with Gasteiger partial charge in [-0.3, -0.25) is 0 Å². The highest BCUT2D eigenvalue weighted by Crippen LogP contribution is 2.40. The van der Waals surface area contributed by atoms with Crippen LogP contribution in [0.15, 0.2) is 36.6 Å². The fourth-order valence-electron chi connectivity index (χ4n) is 3.02. The van der Waals surface area contributed by atoms with Crippen LogP contribution in [0.1, 0.15) is 20.3 Å². The highest BCUT2D eigenvalue weighted by atomic mass is 15.3. The van der Waals surface area contributed by atoms with Crippen molar-refractivity contribution in [1.82, 2.24) is 10.2 Å². The van der Waals surface area contributed by atoms with E-state index in [0.29, 0.717) is 23.2 Å². The first-order valence-electron chi connectivity index (χ1n) is 6.26. The molecule has 2 rings (SSSR count). The van der Waals surface area contributed by atoms with Crippen molar-refractivity contribution in [3.8, 4) is 6.07 Å². The SMILES string of the molecule is C=C1NC(=C)N(C2CC(C)C(C#N)C2C)C=C1N. The van der Waals surface area contributed by atoms with Crippen LogP contribution >= 0.6 is 0 Å². The van der Waals surface area contributed by atoms with Crippen LogP contribution < -0.4 is 11.1 Å². The third kappa shape index (κ3) is 1.86. The van der Waals surface area contributed by atoms with Gasteiger partial charge in [0.25, 0.3) is 0 Å². The van der Waals surface area contributed by atoms with Gasteiger partial charge in [0.1, 0.15) is 5.82 Å². The fourth-order valence-corrected chi connectivity index (χ4v) is 3.02. The zero-order valence-corrected chi connectivity index (χ0v) is 11.0. The first-order chi connectivity index (χ1) is 8.45. The van der Waals surface area contributed by atoms with Crippen molar-refractivity contribution in [3.63, 3.8) is 0 Å². The summed E-state index contributed by atoms with van der Waals surface area (Å²) in [6.07, 6.45) is 2.87. The Morgan fingerprint density at radius 3 is 2.72 bits per heavy atom. The molecule has 0 spiro atoms. The molecule has 96 valence electrons. The second kappa shape index (κ2) is 4.41. The summed E-state index contributed by atoms with van der Waals surface area (Å²) in [6.45, 7) is 12.1. The molecule has 0 amide bonds. The molecular weight excluding hydrogens is 224 g/mol. The normalized spacial score (nSPS) is 36.1. The minimum atomic E-state index is 0.0996. The van der Waals surface area contributed by atoms with Gasteiger partial charge in [-0.15, -0.1) is 0 Å². The molecule has 4 atom stereocenters. The molecule has 0 radical (unpaired) electrons. The first kappa shape index (κ1) is 12.6. The van der Waals surface area contributed by atoms with Crippen LogP contribution in [0.5, 0.6) is 0 Å². The molecule has 1 heterocycles. The van der Waals surface area contributed by atoms with Crippen LogP contribution in [-0.4, -0.2) is 10.9 Å².